The third-order valence-corrected chi connectivity index (χ3v) is 7.01. The Hall–Kier alpha value is -4.50. The summed E-state index contributed by atoms with van der Waals surface area (Å²) in [4.78, 5) is 19.1. The Morgan fingerprint density at radius 2 is 1.89 bits per heavy atom. The van der Waals surface area contributed by atoms with Gasteiger partial charge < -0.3 is 4.98 Å². The molecule has 2 N–H and O–H groups in total. The zero-order chi connectivity index (χ0) is 25.7. The summed E-state index contributed by atoms with van der Waals surface area (Å²) in [5.41, 5.74) is 8.50. The molecule has 1 fully saturated rings. The minimum atomic E-state index is -2.61. The molecule has 1 aliphatic rings. The molecule has 1 aliphatic heterocycles. The molecule has 1 aromatic carbocycles. The maximum Gasteiger partial charge on any atom is 0.261 e. The molecule has 9 heteroatoms. The van der Waals surface area contributed by atoms with Gasteiger partial charge in [0.15, 0.2) is 0 Å². The Morgan fingerprint density at radius 1 is 0.947 bits per heavy atom. The number of hydrogen-bond donors (Lipinski definition) is 2. The molecule has 7 rings (SSSR count). The van der Waals surface area contributed by atoms with Crippen molar-refractivity contribution < 1.29 is 8.78 Å². The highest BCUT2D eigenvalue weighted by Gasteiger charge is 2.37. The lowest BCUT2D eigenvalue weighted by molar-refractivity contribution is 0.0115. The number of H-pyrrole nitrogens is 2. The Kier molecular flexibility index (Phi) is 5.26. The Balaban J connectivity index is 1.24. The zero-order valence-electron chi connectivity index (χ0n) is 20.3. The van der Waals surface area contributed by atoms with Crippen LogP contribution in [0.4, 0.5) is 8.78 Å². The fraction of sp³-hybridized carbons (Fsp3) is 0.172. The van der Waals surface area contributed by atoms with Crippen molar-refractivity contribution in [1.29, 1.82) is 0 Å². The SMILES string of the molecule is FC1(F)CCN(Cc2cncc(-c3ccc4[nH]nc(-c5cc6c(-c7ccccn7)cccc6[nH]5)c4n3)c2)C1. The molecule has 0 radical (unpaired) electrons. The summed E-state index contributed by atoms with van der Waals surface area (Å²) in [5, 5.41) is 8.71. The van der Waals surface area contributed by atoms with Gasteiger partial charge in [-0.05, 0) is 48.0 Å². The summed E-state index contributed by atoms with van der Waals surface area (Å²) in [5.74, 6) is -2.61. The normalized spacial score (nSPS) is 15.5. The van der Waals surface area contributed by atoms with Crippen LogP contribution in [0.3, 0.4) is 0 Å². The van der Waals surface area contributed by atoms with Gasteiger partial charge in [0.2, 0.25) is 0 Å². The van der Waals surface area contributed by atoms with E-state index in [1.807, 2.05) is 48.5 Å². The molecule has 0 bridgehead atoms. The zero-order valence-corrected chi connectivity index (χ0v) is 20.3. The van der Waals surface area contributed by atoms with E-state index in [-0.39, 0.29) is 13.0 Å². The molecule has 7 nitrogen and oxygen atoms in total. The number of hydrogen-bond acceptors (Lipinski definition) is 5. The van der Waals surface area contributed by atoms with E-state index < -0.39 is 5.92 Å². The van der Waals surface area contributed by atoms with Gasteiger partial charge in [0, 0.05) is 60.1 Å². The number of nitrogens with zero attached hydrogens (tertiary/aromatic N) is 5. The van der Waals surface area contributed by atoms with Crippen molar-refractivity contribution in [3.05, 3.63) is 84.8 Å². The molecule has 1 saturated heterocycles. The van der Waals surface area contributed by atoms with Crippen molar-refractivity contribution in [1.82, 2.24) is 35.0 Å². The average Bonchev–Trinajstić information content (AvgIpc) is 3.64. The average molecular weight is 508 g/mol. The van der Waals surface area contributed by atoms with Crippen LogP contribution in [0.5, 0.6) is 0 Å². The lowest BCUT2D eigenvalue weighted by Gasteiger charge is -2.15. The third kappa shape index (κ3) is 4.10. The summed E-state index contributed by atoms with van der Waals surface area (Å²) in [6.45, 7) is 0.599. The second-order valence-corrected chi connectivity index (χ2v) is 9.73. The monoisotopic (exact) mass is 507 g/mol. The van der Waals surface area contributed by atoms with Gasteiger partial charge in [0.1, 0.15) is 11.2 Å². The van der Waals surface area contributed by atoms with Gasteiger partial charge in [-0.2, -0.15) is 5.10 Å². The number of rotatable bonds is 5. The molecular formula is C29H23F2N7. The number of nitrogens with one attached hydrogen (secondary N) is 2. The molecule has 38 heavy (non-hydrogen) atoms. The fourth-order valence-electron chi connectivity index (χ4n) is 5.19. The molecule has 0 atom stereocenters. The number of halogens is 2. The van der Waals surface area contributed by atoms with Crippen molar-refractivity contribution in [3.63, 3.8) is 0 Å². The van der Waals surface area contributed by atoms with Crippen molar-refractivity contribution in [2.45, 2.75) is 18.9 Å². The standard InChI is InChI=1S/C29H23F2N7/c30-29(31)9-11-38(17-29)16-18-12-19(15-32-14-18)22-7-8-25-27(35-22)28(37-36-25)26-13-21-20(4-3-6-24(21)34-26)23-5-1-2-10-33-23/h1-8,10,12-15,34H,9,11,16-17H2,(H,36,37). The molecule has 6 heterocycles. The quantitative estimate of drug-likeness (QED) is 0.296. The van der Waals surface area contributed by atoms with E-state index in [9.17, 15) is 8.78 Å². The van der Waals surface area contributed by atoms with Crippen LogP contribution >= 0.6 is 0 Å². The highest BCUT2D eigenvalue weighted by atomic mass is 19.3. The Bertz CT molecular complexity index is 1770. The van der Waals surface area contributed by atoms with E-state index >= 15 is 0 Å². The van der Waals surface area contributed by atoms with E-state index in [0.29, 0.717) is 18.8 Å². The first-order valence-corrected chi connectivity index (χ1v) is 12.5. The third-order valence-electron chi connectivity index (χ3n) is 7.01. The lowest BCUT2D eigenvalue weighted by atomic mass is 10.1. The number of aromatic nitrogens is 6. The molecule has 6 aromatic rings. The van der Waals surface area contributed by atoms with Gasteiger partial charge in [-0.3, -0.25) is 20.0 Å². The molecule has 188 valence electrons. The van der Waals surface area contributed by atoms with E-state index in [2.05, 4.69) is 37.3 Å². The van der Waals surface area contributed by atoms with E-state index in [0.717, 1.165) is 55.7 Å². The van der Waals surface area contributed by atoms with Crippen molar-refractivity contribution in [2.75, 3.05) is 13.1 Å². The number of aromatic amines is 2. The molecule has 0 saturated carbocycles. The smallest absolute Gasteiger partial charge is 0.261 e. The highest BCUT2D eigenvalue weighted by molar-refractivity contribution is 6.00. The van der Waals surface area contributed by atoms with Crippen LogP contribution in [0.1, 0.15) is 12.0 Å². The highest BCUT2D eigenvalue weighted by Crippen LogP contribution is 2.34. The predicted octanol–water partition coefficient (Wildman–Crippen LogP) is 6.07. The number of likely N-dealkylation sites (tertiary alicyclic amines) is 1. The minimum absolute atomic E-state index is 0.0985. The molecule has 0 amide bonds. The maximum atomic E-state index is 13.6. The molecule has 0 aliphatic carbocycles. The number of alkyl halides is 2. The maximum absolute atomic E-state index is 13.6. The fourth-order valence-corrected chi connectivity index (χ4v) is 5.19. The van der Waals surface area contributed by atoms with Crippen molar-refractivity contribution in [3.8, 4) is 33.9 Å². The first-order valence-electron chi connectivity index (χ1n) is 12.5. The van der Waals surface area contributed by atoms with Gasteiger partial charge in [-0.1, -0.05) is 18.2 Å². The van der Waals surface area contributed by atoms with Gasteiger partial charge >= 0.3 is 0 Å². The number of pyridine rings is 3. The summed E-state index contributed by atoms with van der Waals surface area (Å²) >= 11 is 0. The van der Waals surface area contributed by atoms with Crippen LogP contribution in [0, 0.1) is 0 Å². The summed E-state index contributed by atoms with van der Waals surface area (Å²) < 4.78 is 27.3. The minimum Gasteiger partial charge on any atom is -0.353 e. The van der Waals surface area contributed by atoms with Crippen molar-refractivity contribution >= 4 is 21.9 Å². The molecule has 0 unspecified atom stereocenters. The first-order chi connectivity index (χ1) is 18.5. The van der Waals surface area contributed by atoms with Gasteiger partial charge in [-0.25, -0.2) is 13.8 Å². The number of benzene rings is 1. The summed E-state index contributed by atoms with van der Waals surface area (Å²) in [7, 11) is 0. The van der Waals surface area contributed by atoms with Crippen LogP contribution in [0.2, 0.25) is 0 Å². The second kappa shape index (κ2) is 8.81. The second-order valence-electron chi connectivity index (χ2n) is 9.73. The van der Waals surface area contributed by atoms with Crippen LogP contribution in [0.15, 0.2) is 79.3 Å². The summed E-state index contributed by atoms with van der Waals surface area (Å²) in [6, 6.07) is 19.9. The van der Waals surface area contributed by atoms with Crippen LogP contribution in [-0.2, 0) is 6.54 Å². The summed E-state index contributed by atoms with van der Waals surface area (Å²) in [6.07, 6.45) is 5.17. The Morgan fingerprint density at radius 3 is 2.74 bits per heavy atom. The van der Waals surface area contributed by atoms with Crippen LogP contribution in [0.25, 0.3) is 55.8 Å². The van der Waals surface area contributed by atoms with Crippen LogP contribution < -0.4 is 0 Å². The van der Waals surface area contributed by atoms with Gasteiger partial charge in [0.05, 0.1) is 29.1 Å². The first kappa shape index (κ1) is 22.7. The molecule has 0 spiro atoms. The van der Waals surface area contributed by atoms with E-state index in [4.69, 9.17) is 4.98 Å². The number of fused-ring (bicyclic) bond motifs is 2. The largest absolute Gasteiger partial charge is 0.353 e. The van der Waals surface area contributed by atoms with Crippen molar-refractivity contribution in [2.24, 2.45) is 0 Å². The Labute approximate surface area is 216 Å². The van der Waals surface area contributed by atoms with E-state index in [1.54, 1.807) is 23.5 Å². The van der Waals surface area contributed by atoms with Crippen LogP contribution in [-0.4, -0.2) is 54.0 Å². The molecule has 5 aromatic heterocycles. The predicted molar refractivity (Wildman–Crippen MR) is 142 cm³/mol. The van der Waals surface area contributed by atoms with Gasteiger partial charge in [-0.15, -0.1) is 0 Å². The molecular weight excluding hydrogens is 484 g/mol. The van der Waals surface area contributed by atoms with Gasteiger partial charge in [0.25, 0.3) is 5.92 Å². The lowest BCUT2D eigenvalue weighted by Crippen LogP contribution is -2.24. The topological polar surface area (TPSA) is 86.4 Å². The van der Waals surface area contributed by atoms with E-state index in [1.165, 1.54) is 0 Å².